The first-order valence-corrected chi connectivity index (χ1v) is 7.95. The molecular weight excluding hydrogens is 290 g/mol. The Morgan fingerprint density at radius 1 is 1.09 bits per heavy atom. The SMILES string of the molecule is CC(NC(=O)C1(c2ccccc2)CC1)c1ccc2c(c1)OCO2. The third-order valence-corrected chi connectivity index (χ3v) is 4.76. The van der Waals surface area contributed by atoms with Gasteiger partial charge in [0.2, 0.25) is 12.7 Å². The third-order valence-electron chi connectivity index (χ3n) is 4.76. The predicted octanol–water partition coefficient (Wildman–Crippen LogP) is 3.32. The van der Waals surface area contributed by atoms with Gasteiger partial charge < -0.3 is 14.8 Å². The number of carbonyl (C=O) groups excluding carboxylic acids is 1. The summed E-state index contributed by atoms with van der Waals surface area (Å²) in [5.74, 6) is 1.61. The molecule has 0 spiro atoms. The van der Waals surface area contributed by atoms with Crippen LogP contribution in [0.2, 0.25) is 0 Å². The van der Waals surface area contributed by atoms with Gasteiger partial charge in [0.05, 0.1) is 11.5 Å². The Morgan fingerprint density at radius 2 is 1.83 bits per heavy atom. The molecule has 4 heteroatoms. The van der Waals surface area contributed by atoms with Gasteiger partial charge in [0.1, 0.15) is 0 Å². The highest BCUT2D eigenvalue weighted by Crippen LogP contribution is 2.48. The van der Waals surface area contributed by atoms with Crippen LogP contribution in [-0.2, 0) is 10.2 Å². The standard InChI is InChI=1S/C19H19NO3/c1-13(14-7-8-16-17(11-14)23-12-22-16)20-18(21)19(9-10-19)15-5-3-2-4-6-15/h2-8,11,13H,9-10,12H2,1H3,(H,20,21). The quantitative estimate of drug-likeness (QED) is 0.942. The molecule has 2 aromatic rings. The molecule has 4 rings (SSSR count). The van der Waals surface area contributed by atoms with Crippen molar-refractivity contribution in [3.8, 4) is 11.5 Å². The molecule has 1 unspecified atom stereocenters. The molecule has 23 heavy (non-hydrogen) atoms. The van der Waals surface area contributed by atoms with E-state index in [2.05, 4.69) is 5.32 Å². The van der Waals surface area contributed by atoms with Gasteiger partial charge in [-0.25, -0.2) is 0 Å². The molecule has 0 saturated heterocycles. The Bertz CT molecular complexity index is 738. The maximum absolute atomic E-state index is 12.8. The number of carbonyl (C=O) groups is 1. The monoisotopic (exact) mass is 309 g/mol. The number of rotatable bonds is 4. The van der Waals surface area contributed by atoms with Crippen LogP contribution in [0.25, 0.3) is 0 Å². The second-order valence-corrected chi connectivity index (χ2v) is 6.26. The lowest BCUT2D eigenvalue weighted by Gasteiger charge is -2.20. The minimum Gasteiger partial charge on any atom is -0.454 e. The summed E-state index contributed by atoms with van der Waals surface area (Å²) in [6, 6.07) is 15.8. The minimum absolute atomic E-state index is 0.0711. The molecule has 1 fully saturated rings. The van der Waals surface area contributed by atoms with Gasteiger partial charge in [0.15, 0.2) is 11.5 Å². The molecule has 1 N–H and O–H groups in total. The Morgan fingerprint density at radius 3 is 2.57 bits per heavy atom. The van der Waals surface area contributed by atoms with Crippen LogP contribution in [0.4, 0.5) is 0 Å². The normalized spacial score (nSPS) is 18.3. The van der Waals surface area contributed by atoms with E-state index in [-0.39, 0.29) is 24.2 Å². The van der Waals surface area contributed by atoms with Crippen LogP contribution in [0, 0.1) is 0 Å². The molecule has 1 aliphatic carbocycles. The van der Waals surface area contributed by atoms with Crippen LogP contribution in [0.3, 0.4) is 0 Å². The van der Waals surface area contributed by atoms with E-state index in [0.717, 1.165) is 35.5 Å². The second-order valence-electron chi connectivity index (χ2n) is 6.26. The average molecular weight is 309 g/mol. The van der Waals surface area contributed by atoms with Gasteiger partial charge in [-0.05, 0) is 43.0 Å². The van der Waals surface area contributed by atoms with Crippen LogP contribution in [0.15, 0.2) is 48.5 Å². The summed E-state index contributed by atoms with van der Waals surface area (Å²) in [4.78, 5) is 12.8. The molecule has 0 radical (unpaired) electrons. The Labute approximate surface area is 135 Å². The Hall–Kier alpha value is -2.49. The van der Waals surface area contributed by atoms with Crippen LogP contribution in [-0.4, -0.2) is 12.7 Å². The molecule has 1 amide bonds. The number of hydrogen-bond acceptors (Lipinski definition) is 3. The highest BCUT2D eigenvalue weighted by atomic mass is 16.7. The van der Waals surface area contributed by atoms with E-state index < -0.39 is 0 Å². The fourth-order valence-corrected chi connectivity index (χ4v) is 3.13. The van der Waals surface area contributed by atoms with Crippen molar-refractivity contribution in [1.29, 1.82) is 0 Å². The van der Waals surface area contributed by atoms with Gasteiger partial charge in [-0.3, -0.25) is 4.79 Å². The molecule has 1 atom stereocenters. The summed E-state index contributed by atoms with van der Waals surface area (Å²) < 4.78 is 10.7. The minimum atomic E-state index is -0.341. The Balaban J connectivity index is 1.51. The maximum Gasteiger partial charge on any atom is 0.231 e. The summed E-state index contributed by atoms with van der Waals surface area (Å²) in [5, 5.41) is 3.15. The lowest BCUT2D eigenvalue weighted by molar-refractivity contribution is -0.124. The summed E-state index contributed by atoms with van der Waals surface area (Å²) in [6.45, 7) is 2.26. The molecule has 2 aliphatic rings. The molecule has 118 valence electrons. The van der Waals surface area contributed by atoms with Gasteiger partial charge in [0.25, 0.3) is 0 Å². The van der Waals surface area contributed by atoms with Crippen LogP contribution in [0.5, 0.6) is 11.5 Å². The van der Waals surface area contributed by atoms with Crippen molar-refractivity contribution in [2.75, 3.05) is 6.79 Å². The van der Waals surface area contributed by atoms with Crippen LogP contribution in [0.1, 0.15) is 36.9 Å². The van der Waals surface area contributed by atoms with Gasteiger partial charge >= 0.3 is 0 Å². The topological polar surface area (TPSA) is 47.6 Å². The van der Waals surface area contributed by atoms with E-state index in [1.165, 1.54) is 0 Å². The number of ether oxygens (including phenoxy) is 2. The number of hydrogen-bond donors (Lipinski definition) is 1. The molecule has 1 heterocycles. The number of amides is 1. The highest BCUT2D eigenvalue weighted by molar-refractivity contribution is 5.91. The molecule has 4 nitrogen and oxygen atoms in total. The van der Waals surface area contributed by atoms with Crippen molar-refractivity contribution >= 4 is 5.91 Å². The zero-order valence-electron chi connectivity index (χ0n) is 13.0. The molecule has 1 saturated carbocycles. The van der Waals surface area contributed by atoms with Gasteiger partial charge in [0, 0.05) is 0 Å². The summed E-state index contributed by atoms with van der Waals surface area (Å²) in [5.41, 5.74) is 1.79. The average Bonchev–Trinajstić information content (AvgIpc) is 3.27. The van der Waals surface area contributed by atoms with E-state index >= 15 is 0 Å². The van der Waals surface area contributed by atoms with Crippen molar-refractivity contribution in [3.05, 3.63) is 59.7 Å². The zero-order valence-corrected chi connectivity index (χ0v) is 13.0. The lowest BCUT2D eigenvalue weighted by Crippen LogP contribution is -2.36. The third kappa shape index (κ3) is 2.44. The highest BCUT2D eigenvalue weighted by Gasteiger charge is 2.51. The fraction of sp³-hybridized carbons (Fsp3) is 0.316. The predicted molar refractivity (Wildman–Crippen MR) is 86.5 cm³/mol. The van der Waals surface area contributed by atoms with Crippen molar-refractivity contribution < 1.29 is 14.3 Å². The van der Waals surface area contributed by atoms with E-state index in [1.54, 1.807) is 0 Å². The lowest BCUT2D eigenvalue weighted by atomic mass is 9.94. The molecule has 1 aliphatic heterocycles. The van der Waals surface area contributed by atoms with Gasteiger partial charge in [-0.1, -0.05) is 36.4 Å². The van der Waals surface area contributed by atoms with E-state index in [1.807, 2.05) is 55.5 Å². The summed E-state index contributed by atoms with van der Waals surface area (Å²) in [6.07, 6.45) is 1.83. The van der Waals surface area contributed by atoms with E-state index in [4.69, 9.17) is 9.47 Å². The van der Waals surface area contributed by atoms with Crippen molar-refractivity contribution in [1.82, 2.24) is 5.32 Å². The first-order chi connectivity index (χ1) is 11.2. The van der Waals surface area contributed by atoms with Crippen molar-refractivity contribution in [2.45, 2.75) is 31.2 Å². The van der Waals surface area contributed by atoms with Crippen molar-refractivity contribution in [2.24, 2.45) is 0 Å². The van der Waals surface area contributed by atoms with Gasteiger partial charge in [-0.2, -0.15) is 0 Å². The molecule has 2 aromatic carbocycles. The first-order valence-electron chi connectivity index (χ1n) is 7.95. The van der Waals surface area contributed by atoms with E-state index in [9.17, 15) is 4.79 Å². The second kappa shape index (κ2) is 5.30. The number of nitrogens with one attached hydrogen (secondary N) is 1. The molecule has 0 bridgehead atoms. The van der Waals surface area contributed by atoms with E-state index in [0.29, 0.717) is 0 Å². The van der Waals surface area contributed by atoms with Crippen LogP contribution >= 0.6 is 0 Å². The Kier molecular flexibility index (Phi) is 3.26. The molecule has 0 aromatic heterocycles. The largest absolute Gasteiger partial charge is 0.454 e. The molecular formula is C19H19NO3. The smallest absolute Gasteiger partial charge is 0.231 e. The summed E-state index contributed by atoms with van der Waals surface area (Å²) >= 11 is 0. The fourth-order valence-electron chi connectivity index (χ4n) is 3.13. The first kappa shape index (κ1) is 14.1. The maximum atomic E-state index is 12.8. The number of fused-ring (bicyclic) bond motifs is 1. The number of benzene rings is 2. The van der Waals surface area contributed by atoms with Gasteiger partial charge in [-0.15, -0.1) is 0 Å². The summed E-state index contributed by atoms with van der Waals surface area (Å²) in [7, 11) is 0. The van der Waals surface area contributed by atoms with Crippen molar-refractivity contribution in [3.63, 3.8) is 0 Å². The zero-order chi connectivity index (χ0) is 15.9. The van der Waals surface area contributed by atoms with Crippen LogP contribution < -0.4 is 14.8 Å².